The van der Waals surface area contributed by atoms with Gasteiger partial charge in [-0.2, -0.15) is 0 Å². The SMILES string of the molecule is Fc1cccnc1-c1nc(Cl)c2c3c(sc2n1)CCCC3. The number of fused-ring (bicyclic) bond motifs is 3. The number of thiophene rings is 1. The normalized spacial score (nSPS) is 14.4. The minimum absolute atomic E-state index is 0.146. The van der Waals surface area contributed by atoms with Gasteiger partial charge in [0.2, 0.25) is 0 Å². The maximum atomic E-state index is 13.9. The fourth-order valence-corrected chi connectivity index (χ4v) is 4.37. The van der Waals surface area contributed by atoms with Crippen LogP contribution in [0.1, 0.15) is 23.3 Å². The Bertz CT molecular complexity index is 846. The Kier molecular flexibility index (Phi) is 3.12. The lowest BCUT2D eigenvalue weighted by Crippen LogP contribution is -1.99. The lowest BCUT2D eigenvalue weighted by molar-refractivity contribution is 0.624. The summed E-state index contributed by atoms with van der Waals surface area (Å²) in [5.74, 6) is -0.182. The molecular formula is C15H11ClFN3S. The van der Waals surface area contributed by atoms with Crippen LogP contribution in [0.15, 0.2) is 18.3 Å². The van der Waals surface area contributed by atoms with Crippen LogP contribution in [0.25, 0.3) is 21.7 Å². The molecule has 3 heterocycles. The van der Waals surface area contributed by atoms with Crippen LogP contribution in [-0.4, -0.2) is 15.0 Å². The van der Waals surface area contributed by atoms with E-state index in [4.69, 9.17) is 11.6 Å². The highest BCUT2D eigenvalue weighted by Crippen LogP contribution is 2.39. The van der Waals surface area contributed by atoms with Gasteiger partial charge in [0, 0.05) is 11.1 Å². The molecule has 0 saturated heterocycles. The van der Waals surface area contributed by atoms with E-state index in [1.54, 1.807) is 17.4 Å². The van der Waals surface area contributed by atoms with E-state index in [2.05, 4.69) is 15.0 Å². The Morgan fingerprint density at radius 2 is 2.05 bits per heavy atom. The predicted molar refractivity (Wildman–Crippen MR) is 82.3 cm³/mol. The number of halogens is 2. The molecule has 106 valence electrons. The number of hydrogen-bond acceptors (Lipinski definition) is 4. The van der Waals surface area contributed by atoms with Crippen molar-refractivity contribution < 1.29 is 4.39 Å². The number of rotatable bonds is 1. The lowest BCUT2D eigenvalue weighted by atomic mass is 9.97. The highest BCUT2D eigenvalue weighted by molar-refractivity contribution is 7.19. The second-order valence-electron chi connectivity index (χ2n) is 5.06. The van der Waals surface area contributed by atoms with Crippen molar-refractivity contribution in [1.29, 1.82) is 0 Å². The summed E-state index contributed by atoms with van der Waals surface area (Å²) in [6, 6.07) is 2.89. The monoisotopic (exact) mass is 319 g/mol. The van der Waals surface area contributed by atoms with Crippen LogP contribution in [0.3, 0.4) is 0 Å². The molecule has 0 unspecified atom stereocenters. The third-order valence-corrected chi connectivity index (χ3v) is 5.20. The van der Waals surface area contributed by atoms with E-state index in [1.165, 1.54) is 35.5 Å². The zero-order valence-electron chi connectivity index (χ0n) is 11.1. The zero-order valence-corrected chi connectivity index (χ0v) is 12.6. The van der Waals surface area contributed by atoms with Gasteiger partial charge in [-0.1, -0.05) is 11.6 Å². The molecule has 0 atom stereocenters. The second kappa shape index (κ2) is 5.00. The summed E-state index contributed by atoms with van der Waals surface area (Å²) in [5, 5.41) is 1.34. The maximum absolute atomic E-state index is 13.9. The van der Waals surface area contributed by atoms with Gasteiger partial charge < -0.3 is 0 Å². The Morgan fingerprint density at radius 3 is 2.90 bits per heavy atom. The van der Waals surface area contributed by atoms with Crippen molar-refractivity contribution in [2.75, 3.05) is 0 Å². The molecule has 0 aliphatic heterocycles. The van der Waals surface area contributed by atoms with Gasteiger partial charge >= 0.3 is 0 Å². The Morgan fingerprint density at radius 1 is 1.19 bits per heavy atom. The maximum Gasteiger partial charge on any atom is 0.184 e. The van der Waals surface area contributed by atoms with Crippen LogP contribution in [0.4, 0.5) is 4.39 Å². The van der Waals surface area contributed by atoms with Crippen LogP contribution in [0, 0.1) is 5.82 Å². The van der Waals surface area contributed by atoms with Crippen molar-refractivity contribution in [3.05, 3.63) is 39.7 Å². The predicted octanol–water partition coefficient (Wildman–Crippen LogP) is 4.42. The molecule has 0 aromatic carbocycles. The summed E-state index contributed by atoms with van der Waals surface area (Å²) in [5.41, 5.74) is 1.42. The molecule has 0 bridgehead atoms. The quantitative estimate of drug-likeness (QED) is 0.623. The van der Waals surface area contributed by atoms with Crippen molar-refractivity contribution >= 4 is 33.2 Å². The van der Waals surface area contributed by atoms with E-state index in [1.807, 2.05) is 0 Å². The molecule has 3 aromatic heterocycles. The number of aryl methyl sites for hydroxylation is 2. The van der Waals surface area contributed by atoms with Gasteiger partial charge in [0.25, 0.3) is 0 Å². The summed E-state index contributed by atoms with van der Waals surface area (Å²) >= 11 is 7.99. The first kappa shape index (κ1) is 13.1. The molecule has 1 aliphatic carbocycles. The number of aromatic nitrogens is 3. The molecule has 0 radical (unpaired) electrons. The molecule has 0 fully saturated rings. The molecule has 0 amide bonds. The summed E-state index contributed by atoms with van der Waals surface area (Å²) in [4.78, 5) is 15.0. The minimum atomic E-state index is -0.436. The third kappa shape index (κ3) is 2.12. The lowest BCUT2D eigenvalue weighted by Gasteiger charge is -2.10. The molecular weight excluding hydrogens is 309 g/mol. The summed E-state index contributed by atoms with van der Waals surface area (Å²) in [7, 11) is 0. The standard InChI is InChI=1S/C15H11ClFN3S/c16-13-11-8-4-1-2-6-10(8)21-15(11)20-14(19-13)12-9(17)5-3-7-18-12/h3,5,7H,1-2,4,6H2. The largest absolute Gasteiger partial charge is 0.250 e. The molecule has 4 rings (SSSR count). The highest BCUT2D eigenvalue weighted by Gasteiger charge is 2.21. The van der Waals surface area contributed by atoms with Crippen molar-refractivity contribution in [3.63, 3.8) is 0 Å². The van der Waals surface area contributed by atoms with Gasteiger partial charge in [-0.25, -0.2) is 19.3 Å². The molecule has 6 heteroatoms. The van der Waals surface area contributed by atoms with Crippen molar-refractivity contribution in [1.82, 2.24) is 15.0 Å². The van der Waals surface area contributed by atoms with Crippen LogP contribution in [0.2, 0.25) is 5.15 Å². The first-order valence-electron chi connectivity index (χ1n) is 6.82. The fraction of sp³-hybridized carbons (Fsp3) is 0.267. The van der Waals surface area contributed by atoms with Crippen LogP contribution in [-0.2, 0) is 12.8 Å². The Balaban J connectivity index is 1.96. The molecule has 21 heavy (non-hydrogen) atoms. The topological polar surface area (TPSA) is 38.7 Å². The number of nitrogens with zero attached hydrogens (tertiary/aromatic N) is 3. The molecule has 0 spiro atoms. The second-order valence-corrected chi connectivity index (χ2v) is 6.50. The van der Waals surface area contributed by atoms with E-state index in [-0.39, 0.29) is 11.5 Å². The van der Waals surface area contributed by atoms with Gasteiger partial charge in [0.15, 0.2) is 11.6 Å². The average Bonchev–Trinajstić information content (AvgIpc) is 2.86. The molecule has 0 saturated carbocycles. The van der Waals surface area contributed by atoms with Crippen molar-refractivity contribution in [3.8, 4) is 11.5 Å². The molecule has 0 N–H and O–H groups in total. The van der Waals surface area contributed by atoms with Crippen LogP contribution in [0.5, 0.6) is 0 Å². The van der Waals surface area contributed by atoms with Gasteiger partial charge in [0.1, 0.15) is 15.7 Å². The van der Waals surface area contributed by atoms with Crippen molar-refractivity contribution in [2.45, 2.75) is 25.7 Å². The number of pyridine rings is 1. The first-order valence-corrected chi connectivity index (χ1v) is 8.02. The summed E-state index contributed by atoms with van der Waals surface area (Å²) in [6.45, 7) is 0. The Labute approximate surface area is 129 Å². The highest BCUT2D eigenvalue weighted by atomic mass is 35.5. The van der Waals surface area contributed by atoms with E-state index in [0.717, 1.165) is 23.1 Å². The van der Waals surface area contributed by atoms with E-state index in [0.29, 0.717) is 5.15 Å². The Hall–Kier alpha value is -1.59. The van der Waals surface area contributed by atoms with Crippen LogP contribution < -0.4 is 0 Å². The van der Waals surface area contributed by atoms with Crippen molar-refractivity contribution in [2.24, 2.45) is 0 Å². The molecule has 3 aromatic rings. The average molecular weight is 320 g/mol. The van der Waals surface area contributed by atoms with Gasteiger partial charge in [-0.3, -0.25) is 0 Å². The smallest absolute Gasteiger partial charge is 0.184 e. The molecule has 1 aliphatic rings. The van der Waals surface area contributed by atoms with E-state index in [9.17, 15) is 4.39 Å². The zero-order chi connectivity index (χ0) is 14.4. The van der Waals surface area contributed by atoms with Crippen LogP contribution >= 0.6 is 22.9 Å². The van der Waals surface area contributed by atoms with Gasteiger partial charge in [-0.05, 0) is 43.4 Å². The summed E-state index contributed by atoms with van der Waals surface area (Å²) in [6.07, 6.45) is 5.99. The summed E-state index contributed by atoms with van der Waals surface area (Å²) < 4.78 is 13.9. The molecule has 3 nitrogen and oxygen atoms in total. The third-order valence-electron chi connectivity index (χ3n) is 3.74. The van der Waals surface area contributed by atoms with E-state index < -0.39 is 5.82 Å². The fourth-order valence-electron chi connectivity index (χ4n) is 2.77. The minimum Gasteiger partial charge on any atom is -0.250 e. The van der Waals surface area contributed by atoms with Gasteiger partial charge in [-0.15, -0.1) is 11.3 Å². The number of hydrogen-bond donors (Lipinski definition) is 0. The first-order chi connectivity index (χ1) is 10.2. The van der Waals surface area contributed by atoms with E-state index >= 15 is 0 Å². The van der Waals surface area contributed by atoms with Gasteiger partial charge in [0.05, 0.1) is 5.39 Å².